The van der Waals surface area contributed by atoms with Crippen molar-refractivity contribution in [3.05, 3.63) is 35.7 Å². The van der Waals surface area contributed by atoms with Crippen LogP contribution in [0.4, 0.5) is 5.82 Å². The second-order valence-corrected chi connectivity index (χ2v) is 3.90. The van der Waals surface area contributed by atoms with Crippen LogP contribution in [0.25, 0.3) is 0 Å². The van der Waals surface area contributed by atoms with Crippen molar-refractivity contribution in [1.29, 1.82) is 0 Å². The minimum atomic E-state index is 0.257. The van der Waals surface area contributed by atoms with E-state index >= 15 is 0 Å². The Balaban J connectivity index is 2.40. The zero-order chi connectivity index (χ0) is 13.1. The molecule has 0 bridgehead atoms. The van der Waals surface area contributed by atoms with Crippen LogP contribution in [0, 0.1) is 13.8 Å². The Morgan fingerprint density at radius 1 is 1.17 bits per heavy atom. The molecule has 0 radical (unpaired) electrons. The molecule has 1 aromatic heterocycles. The third-order valence-electron chi connectivity index (χ3n) is 2.76. The van der Waals surface area contributed by atoms with Gasteiger partial charge in [0.05, 0.1) is 7.11 Å². The standard InChI is InChI=1S/C13H15N3O2/c1-8-5-4-6-10(9(8)2)18-13-11(17-3)12(14)15-7-16-13/h4-7H,1-3H3,(H2,14,15,16). The van der Waals surface area contributed by atoms with Crippen LogP contribution in [-0.2, 0) is 0 Å². The minimum Gasteiger partial charge on any atom is -0.489 e. The molecule has 5 nitrogen and oxygen atoms in total. The number of hydrogen-bond acceptors (Lipinski definition) is 5. The van der Waals surface area contributed by atoms with E-state index < -0.39 is 0 Å². The summed E-state index contributed by atoms with van der Waals surface area (Å²) in [5.41, 5.74) is 7.90. The van der Waals surface area contributed by atoms with E-state index in [1.54, 1.807) is 0 Å². The van der Waals surface area contributed by atoms with Gasteiger partial charge in [0.25, 0.3) is 5.88 Å². The maximum Gasteiger partial charge on any atom is 0.268 e. The molecule has 2 N–H and O–H groups in total. The summed E-state index contributed by atoms with van der Waals surface area (Å²) in [6.45, 7) is 4.01. The van der Waals surface area contributed by atoms with Crippen LogP contribution in [0.2, 0.25) is 0 Å². The summed E-state index contributed by atoms with van der Waals surface area (Å²) in [4.78, 5) is 7.89. The fourth-order valence-corrected chi connectivity index (χ4v) is 1.57. The highest BCUT2D eigenvalue weighted by molar-refractivity contribution is 5.53. The first kappa shape index (κ1) is 12.2. The number of nitrogen functional groups attached to an aromatic ring is 1. The van der Waals surface area contributed by atoms with Crippen LogP contribution in [0.15, 0.2) is 24.5 Å². The van der Waals surface area contributed by atoms with Gasteiger partial charge in [-0.1, -0.05) is 12.1 Å². The highest BCUT2D eigenvalue weighted by Gasteiger charge is 2.13. The largest absolute Gasteiger partial charge is 0.489 e. The average molecular weight is 245 g/mol. The number of rotatable bonds is 3. The van der Waals surface area contributed by atoms with E-state index in [2.05, 4.69) is 9.97 Å². The number of anilines is 1. The predicted molar refractivity (Wildman–Crippen MR) is 69.0 cm³/mol. The fourth-order valence-electron chi connectivity index (χ4n) is 1.57. The van der Waals surface area contributed by atoms with Gasteiger partial charge in [-0.25, -0.2) is 4.98 Å². The van der Waals surface area contributed by atoms with E-state index in [4.69, 9.17) is 15.2 Å². The van der Waals surface area contributed by atoms with Crippen molar-refractivity contribution in [2.24, 2.45) is 0 Å². The van der Waals surface area contributed by atoms with Gasteiger partial charge in [0.1, 0.15) is 12.1 Å². The highest BCUT2D eigenvalue weighted by atomic mass is 16.5. The minimum absolute atomic E-state index is 0.257. The molecule has 0 saturated heterocycles. The Hall–Kier alpha value is -2.30. The van der Waals surface area contributed by atoms with Crippen molar-refractivity contribution in [2.45, 2.75) is 13.8 Å². The van der Waals surface area contributed by atoms with Gasteiger partial charge in [0, 0.05) is 0 Å². The van der Waals surface area contributed by atoms with Crippen LogP contribution in [0.1, 0.15) is 11.1 Å². The van der Waals surface area contributed by atoms with Gasteiger partial charge in [-0.2, -0.15) is 4.98 Å². The molecule has 0 atom stereocenters. The van der Waals surface area contributed by atoms with Gasteiger partial charge in [-0.15, -0.1) is 0 Å². The molecule has 0 unspecified atom stereocenters. The Morgan fingerprint density at radius 3 is 2.67 bits per heavy atom. The normalized spacial score (nSPS) is 10.2. The third-order valence-corrected chi connectivity index (χ3v) is 2.76. The zero-order valence-electron chi connectivity index (χ0n) is 10.6. The van der Waals surface area contributed by atoms with Crippen molar-refractivity contribution in [2.75, 3.05) is 12.8 Å². The maximum atomic E-state index is 5.74. The van der Waals surface area contributed by atoms with Gasteiger partial charge in [0.15, 0.2) is 5.82 Å². The lowest BCUT2D eigenvalue weighted by atomic mass is 10.1. The summed E-state index contributed by atoms with van der Waals surface area (Å²) < 4.78 is 10.9. The molecular weight excluding hydrogens is 230 g/mol. The lowest BCUT2D eigenvalue weighted by Crippen LogP contribution is -2.01. The van der Waals surface area contributed by atoms with Gasteiger partial charge in [0.2, 0.25) is 5.75 Å². The van der Waals surface area contributed by atoms with E-state index in [9.17, 15) is 0 Å². The molecule has 0 aliphatic heterocycles. The Morgan fingerprint density at radius 2 is 1.94 bits per heavy atom. The second kappa shape index (κ2) is 4.91. The van der Waals surface area contributed by atoms with E-state index in [1.165, 1.54) is 13.4 Å². The maximum absolute atomic E-state index is 5.74. The Labute approximate surface area is 106 Å². The van der Waals surface area contributed by atoms with E-state index in [0.29, 0.717) is 11.6 Å². The second-order valence-electron chi connectivity index (χ2n) is 3.90. The summed E-state index contributed by atoms with van der Waals surface area (Å²) >= 11 is 0. The molecule has 1 aromatic carbocycles. The van der Waals surface area contributed by atoms with Crippen molar-refractivity contribution in [3.63, 3.8) is 0 Å². The third kappa shape index (κ3) is 2.20. The average Bonchev–Trinajstić information content (AvgIpc) is 2.35. The summed E-state index contributed by atoms with van der Waals surface area (Å²) in [5, 5.41) is 0. The number of aromatic nitrogens is 2. The molecule has 0 amide bonds. The van der Waals surface area contributed by atoms with Crippen LogP contribution >= 0.6 is 0 Å². The molecule has 1 heterocycles. The monoisotopic (exact) mass is 245 g/mol. The SMILES string of the molecule is COc1c(N)ncnc1Oc1cccc(C)c1C. The van der Waals surface area contributed by atoms with Crippen molar-refractivity contribution >= 4 is 5.82 Å². The van der Waals surface area contributed by atoms with E-state index in [1.807, 2.05) is 32.0 Å². The molecule has 0 spiro atoms. The molecule has 94 valence electrons. The molecule has 2 aromatic rings. The zero-order valence-corrected chi connectivity index (χ0v) is 10.6. The van der Waals surface area contributed by atoms with Crippen molar-refractivity contribution in [3.8, 4) is 17.4 Å². The first-order chi connectivity index (χ1) is 8.63. The number of nitrogens with two attached hydrogens (primary N) is 1. The molecule has 5 heteroatoms. The lowest BCUT2D eigenvalue weighted by Gasteiger charge is -2.12. The first-order valence-electron chi connectivity index (χ1n) is 5.52. The number of ether oxygens (including phenoxy) is 2. The molecule has 0 aliphatic carbocycles. The fraction of sp³-hybridized carbons (Fsp3) is 0.231. The quantitative estimate of drug-likeness (QED) is 0.899. The number of methoxy groups -OCH3 is 1. The number of aryl methyl sites for hydroxylation is 1. The van der Waals surface area contributed by atoms with Crippen molar-refractivity contribution in [1.82, 2.24) is 9.97 Å². The summed E-state index contributed by atoms with van der Waals surface area (Å²) in [7, 11) is 1.50. The molecular formula is C13H15N3O2. The van der Waals surface area contributed by atoms with Gasteiger partial charge in [-0.3, -0.25) is 0 Å². The van der Waals surface area contributed by atoms with Crippen LogP contribution in [-0.4, -0.2) is 17.1 Å². The van der Waals surface area contributed by atoms with Crippen LogP contribution in [0.5, 0.6) is 17.4 Å². The van der Waals surface area contributed by atoms with E-state index in [0.717, 1.165) is 16.9 Å². The molecule has 2 rings (SSSR count). The van der Waals surface area contributed by atoms with Gasteiger partial charge in [-0.05, 0) is 31.0 Å². The summed E-state index contributed by atoms with van der Waals surface area (Å²) in [6, 6.07) is 5.82. The Bertz CT molecular complexity index is 570. The predicted octanol–water partition coefficient (Wildman–Crippen LogP) is 2.48. The molecule has 18 heavy (non-hydrogen) atoms. The van der Waals surface area contributed by atoms with Crippen LogP contribution in [0.3, 0.4) is 0 Å². The summed E-state index contributed by atoms with van der Waals surface area (Å²) in [6.07, 6.45) is 1.35. The van der Waals surface area contributed by atoms with Crippen LogP contribution < -0.4 is 15.2 Å². The van der Waals surface area contributed by atoms with Gasteiger partial charge >= 0.3 is 0 Å². The van der Waals surface area contributed by atoms with Gasteiger partial charge < -0.3 is 15.2 Å². The Kier molecular flexibility index (Phi) is 3.32. The first-order valence-corrected chi connectivity index (χ1v) is 5.52. The molecule has 0 fully saturated rings. The number of nitrogens with zero attached hydrogens (tertiary/aromatic N) is 2. The smallest absolute Gasteiger partial charge is 0.268 e. The molecule has 0 aliphatic rings. The summed E-state index contributed by atoms with van der Waals surface area (Å²) in [5.74, 6) is 1.65. The lowest BCUT2D eigenvalue weighted by molar-refractivity contribution is 0.368. The highest BCUT2D eigenvalue weighted by Crippen LogP contribution is 2.34. The molecule has 0 saturated carbocycles. The van der Waals surface area contributed by atoms with E-state index in [-0.39, 0.29) is 5.82 Å². The number of benzene rings is 1. The number of hydrogen-bond donors (Lipinski definition) is 1. The van der Waals surface area contributed by atoms with Crippen molar-refractivity contribution < 1.29 is 9.47 Å². The topological polar surface area (TPSA) is 70.3 Å².